The van der Waals surface area contributed by atoms with Crippen molar-refractivity contribution in [2.75, 3.05) is 9.80 Å². The average Bonchev–Trinajstić information content (AvgIpc) is 1.38. The summed E-state index contributed by atoms with van der Waals surface area (Å²) in [6.45, 7) is 14.0. The SMILES string of the molecule is Cc1ccc(-n2c3ccccc3c3cccc(N(c4cccc5c4CCCC5)c4cc(C(C)C)c5ccc6c(N(c7cccc8c7CCCC8)c7cccc8c9ccccc9n(-c9ccc(C)cc9)c78)cc(C(C)C)c7ccc4c5c76)c32)cc1. The van der Waals surface area contributed by atoms with E-state index in [1.54, 1.807) is 0 Å². The topological polar surface area (TPSA) is 16.3 Å². The number of aryl methyl sites for hydroxylation is 4. The van der Waals surface area contributed by atoms with Gasteiger partial charge in [0, 0.05) is 55.1 Å². The molecular weight excluding hydrogens is 1020 g/mol. The van der Waals surface area contributed by atoms with Crippen LogP contribution in [0.15, 0.2) is 206 Å². The number of fused-ring (bicyclic) bond motifs is 8. The fourth-order valence-corrected chi connectivity index (χ4v) is 15.3. The van der Waals surface area contributed by atoms with Crippen LogP contribution in [0.1, 0.15) is 110 Å². The first-order valence-electron chi connectivity index (χ1n) is 31.0. The number of aromatic nitrogens is 2. The second-order valence-electron chi connectivity index (χ2n) is 25.0. The van der Waals surface area contributed by atoms with E-state index < -0.39 is 0 Å². The molecule has 2 aliphatic carbocycles. The molecule has 0 N–H and O–H groups in total. The van der Waals surface area contributed by atoms with Gasteiger partial charge in [0.05, 0.1) is 44.8 Å². The Hall–Kier alpha value is -9.12. The highest BCUT2D eigenvalue weighted by atomic mass is 15.2. The molecule has 12 aromatic carbocycles. The Balaban J connectivity index is 1.05. The van der Waals surface area contributed by atoms with Gasteiger partial charge < -0.3 is 18.9 Å². The van der Waals surface area contributed by atoms with Gasteiger partial charge in [0.25, 0.3) is 0 Å². The summed E-state index contributed by atoms with van der Waals surface area (Å²) in [5, 5.41) is 12.9. The quantitative estimate of drug-likeness (QED) is 0.127. The number of para-hydroxylation sites is 4. The zero-order chi connectivity index (χ0) is 56.5. The first-order valence-corrected chi connectivity index (χ1v) is 31.0. The number of hydrogen-bond donors (Lipinski definition) is 0. The molecule has 0 fully saturated rings. The van der Waals surface area contributed by atoms with Crippen LogP contribution < -0.4 is 9.80 Å². The van der Waals surface area contributed by atoms with Gasteiger partial charge in [-0.25, -0.2) is 0 Å². The van der Waals surface area contributed by atoms with E-state index in [1.807, 2.05) is 0 Å². The van der Waals surface area contributed by atoms with Crippen LogP contribution in [-0.2, 0) is 25.7 Å². The van der Waals surface area contributed by atoms with E-state index in [-0.39, 0.29) is 11.8 Å². The minimum absolute atomic E-state index is 0.243. The molecule has 0 atom stereocenters. The standard InChI is InChI=1S/C80H70N4/c1-49(2)67-47-75(83(69-31-15-21-53-19-7-9-23-57(53)69)73-33-17-27-63-59-25-11-13-29-71(59)81(79(63)73)55-39-35-51(5)36-40-55)65-46-44-62-68(50(3)4)48-76(66-45-43-61(67)77(65)78(62)66)84(70-32-16-22-54-20-8-10-24-58(54)70)74-34-18-28-64-60-26-12-14-30-72(60)82(80(64)74)56-41-37-52(6)38-42-56/h11-18,21-22,25-50H,7-10,19-20,23-24H2,1-6H3. The molecule has 2 aromatic heterocycles. The molecule has 0 spiro atoms. The van der Waals surface area contributed by atoms with Gasteiger partial charge in [0.1, 0.15) is 0 Å². The average molecular weight is 1090 g/mol. The summed E-state index contributed by atoms with van der Waals surface area (Å²) < 4.78 is 5.08. The molecule has 2 heterocycles. The molecule has 16 rings (SSSR count). The van der Waals surface area contributed by atoms with Crippen LogP contribution in [0.5, 0.6) is 0 Å². The second-order valence-corrected chi connectivity index (χ2v) is 25.0. The van der Waals surface area contributed by atoms with Gasteiger partial charge in [-0.3, -0.25) is 0 Å². The van der Waals surface area contributed by atoms with E-state index in [0.717, 1.165) is 25.7 Å². The smallest absolute Gasteiger partial charge is 0.0782 e. The van der Waals surface area contributed by atoms with Gasteiger partial charge in [0.15, 0.2) is 0 Å². The Morgan fingerprint density at radius 1 is 0.321 bits per heavy atom. The maximum atomic E-state index is 2.71. The van der Waals surface area contributed by atoms with Crippen molar-refractivity contribution in [2.24, 2.45) is 0 Å². The molecule has 2 aliphatic rings. The van der Waals surface area contributed by atoms with E-state index in [9.17, 15) is 0 Å². The Labute approximate surface area is 493 Å². The van der Waals surface area contributed by atoms with Crippen LogP contribution in [0.25, 0.3) is 87.3 Å². The van der Waals surface area contributed by atoms with Crippen LogP contribution in [-0.4, -0.2) is 9.13 Å². The van der Waals surface area contributed by atoms with Gasteiger partial charge in [-0.05, 0) is 205 Å². The highest BCUT2D eigenvalue weighted by Gasteiger charge is 2.32. The third-order valence-corrected chi connectivity index (χ3v) is 19.3. The van der Waals surface area contributed by atoms with E-state index in [1.165, 1.54) is 192 Å². The third kappa shape index (κ3) is 7.72. The van der Waals surface area contributed by atoms with Crippen LogP contribution in [0.4, 0.5) is 34.1 Å². The van der Waals surface area contributed by atoms with Crippen LogP contribution in [0, 0.1) is 13.8 Å². The normalized spacial score (nSPS) is 13.7. The Morgan fingerprint density at radius 2 is 0.690 bits per heavy atom. The summed E-state index contributed by atoms with van der Waals surface area (Å²) >= 11 is 0. The molecule has 0 radical (unpaired) electrons. The molecule has 4 heteroatoms. The van der Waals surface area contributed by atoms with Gasteiger partial charge in [-0.15, -0.1) is 0 Å². The van der Waals surface area contributed by atoms with Crippen molar-refractivity contribution in [2.45, 2.75) is 105 Å². The zero-order valence-corrected chi connectivity index (χ0v) is 49.2. The molecule has 4 nitrogen and oxygen atoms in total. The maximum absolute atomic E-state index is 2.71. The highest BCUT2D eigenvalue weighted by molar-refractivity contribution is 6.30. The summed E-state index contributed by atoms with van der Waals surface area (Å²) in [4.78, 5) is 5.43. The van der Waals surface area contributed by atoms with Gasteiger partial charge in [0.2, 0.25) is 0 Å². The molecule has 0 unspecified atom stereocenters. The highest BCUT2D eigenvalue weighted by Crippen LogP contribution is 2.55. The molecule has 0 bridgehead atoms. The van der Waals surface area contributed by atoms with Gasteiger partial charge in [-0.1, -0.05) is 172 Å². The molecule has 84 heavy (non-hydrogen) atoms. The lowest BCUT2D eigenvalue weighted by molar-refractivity contribution is 0.686. The lowest BCUT2D eigenvalue weighted by Crippen LogP contribution is -2.18. The number of hydrogen-bond acceptors (Lipinski definition) is 2. The summed E-state index contributed by atoms with van der Waals surface area (Å²) in [6, 6.07) is 79.9. The minimum Gasteiger partial charge on any atom is -0.307 e. The number of nitrogens with zero attached hydrogens (tertiary/aromatic N) is 4. The summed E-state index contributed by atoms with van der Waals surface area (Å²) in [5.74, 6) is 0.486. The third-order valence-electron chi connectivity index (χ3n) is 19.3. The molecule has 0 amide bonds. The summed E-state index contributed by atoms with van der Waals surface area (Å²) in [5.41, 5.74) is 25.7. The predicted octanol–water partition coefficient (Wildman–Crippen LogP) is 22.3. The fraction of sp³-hybridized carbons (Fsp3) is 0.200. The fourth-order valence-electron chi connectivity index (χ4n) is 15.3. The molecule has 0 saturated carbocycles. The Bertz CT molecular complexity index is 4620. The summed E-state index contributed by atoms with van der Waals surface area (Å²) in [7, 11) is 0. The molecule has 0 aliphatic heterocycles. The zero-order valence-electron chi connectivity index (χ0n) is 49.2. The van der Waals surface area contributed by atoms with Crippen molar-refractivity contribution in [1.82, 2.24) is 9.13 Å². The lowest BCUT2D eigenvalue weighted by Gasteiger charge is -2.34. The second kappa shape index (κ2) is 19.8. The van der Waals surface area contributed by atoms with Crippen molar-refractivity contribution in [1.29, 1.82) is 0 Å². The summed E-state index contributed by atoms with van der Waals surface area (Å²) in [6.07, 6.45) is 9.11. The van der Waals surface area contributed by atoms with Crippen molar-refractivity contribution in [3.8, 4) is 11.4 Å². The van der Waals surface area contributed by atoms with E-state index in [4.69, 9.17) is 0 Å². The minimum atomic E-state index is 0.243. The first-order chi connectivity index (χ1) is 41.2. The van der Waals surface area contributed by atoms with E-state index >= 15 is 0 Å². The number of anilines is 6. The number of rotatable bonds is 10. The number of benzene rings is 12. The Kier molecular flexibility index (Phi) is 11.9. The maximum Gasteiger partial charge on any atom is 0.0782 e. The Morgan fingerprint density at radius 3 is 1.12 bits per heavy atom. The predicted molar refractivity (Wildman–Crippen MR) is 359 cm³/mol. The van der Waals surface area contributed by atoms with Crippen LogP contribution in [0.2, 0.25) is 0 Å². The van der Waals surface area contributed by atoms with E-state index in [2.05, 4.69) is 267 Å². The van der Waals surface area contributed by atoms with Crippen molar-refractivity contribution >= 4 is 110 Å². The first kappa shape index (κ1) is 50.6. The molecule has 14 aromatic rings. The van der Waals surface area contributed by atoms with Crippen LogP contribution in [0.3, 0.4) is 0 Å². The molecule has 410 valence electrons. The van der Waals surface area contributed by atoms with Gasteiger partial charge >= 0.3 is 0 Å². The largest absolute Gasteiger partial charge is 0.307 e. The van der Waals surface area contributed by atoms with Crippen molar-refractivity contribution in [3.63, 3.8) is 0 Å². The molecule has 0 saturated heterocycles. The lowest BCUT2D eigenvalue weighted by atomic mass is 9.83. The van der Waals surface area contributed by atoms with Crippen molar-refractivity contribution in [3.05, 3.63) is 251 Å². The van der Waals surface area contributed by atoms with Gasteiger partial charge in [-0.2, -0.15) is 0 Å². The van der Waals surface area contributed by atoms with Crippen LogP contribution >= 0.6 is 0 Å². The monoisotopic (exact) mass is 1090 g/mol. The molecular formula is C80H70N4. The van der Waals surface area contributed by atoms with Crippen molar-refractivity contribution < 1.29 is 0 Å². The van der Waals surface area contributed by atoms with E-state index in [0.29, 0.717) is 0 Å².